The van der Waals surface area contributed by atoms with Gasteiger partial charge in [-0.05, 0) is 39.5 Å². The molecule has 5 heteroatoms. The van der Waals surface area contributed by atoms with Crippen LogP contribution in [0.25, 0.3) is 0 Å². The quantitative estimate of drug-likeness (QED) is 0.753. The number of rotatable bonds is 3. The van der Waals surface area contributed by atoms with Gasteiger partial charge in [-0.25, -0.2) is 4.79 Å². The van der Waals surface area contributed by atoms with Crippen molar-refractivity contribution in [1.29, 1.82) is 0 Å². The van der Waals surface area contributed by atoms with Crippen molar-refractivity contribution in [3.8, 4) is 0 Å². The van der Waals surface area contributed by atoms with E-state index >= 15 is 0 Å². The average molecular weight is 308 g/mol. The average Bonchev–Trinajstić information content (AvgIpc) is 2.78. The number of likely N-dealkylation sites (tertiary alicyclic amines) is 2. The van der Waals surface area contributed by atoms with Crippen LogP contribution in [-0.4, -0.2) is 53.6 Å². The van der Waals surface area contributed by atoms with Crippen molar-refractivity contribution in [3.63, 3.8) is 0 Å². The van der Waals surface area contributed by atoms with E-state index in [1.54, 1.807) is 4.90 Å². The number of hydrogen-bond donors (Lipinski definition) is 0. The summed E-state index contributed by atoms with van der Waals surface area (Å²) in [6, 6.07) is 0. The van der Waals surface area contributed by atoms with Crippen molar-refractivity contribution in [2.24, 2.45) is 11.8 Å². The zero-order valence-electron chi connectivity index (χ0n) is 14.0. The highest BCUT2D eigenvalue weighted by Crippen LogP contribution is 2.24. The van der Waals surface area contributed by atoms with E-state index < -0.39 is 5.60 Å². The van der Waals surface area contributed by atoms with E-state index in [4.69, 9.17) is 4.74 Å². The highest BCUT2D eigenvalue weighted by Gasteiger charge is 2.32. The first-order valence-electron chi connectivity index (χ1n) is 8.16. The molecule has 0 radical (unpaired) electrons. The van der Waals surface area contributed by atoms with E-state index in [0.29, 0.717) is 18.9 Å². The normalized spacial score (nSPS) is 26.2. The number of hydrogen-bond acceptors (Lipinski definition) is 3. The van der Waals surface area contributed by atoms with Gasteiger partial charge in [-0.1, -0.05) is 6.08 Å². The molecule has 2 rings (SSSR count). The van der Waals surface area contributed by atoms with Crippen molar-refractivity contribution in [1.82, 2.24) is 9.80 Å². The van der Waals surface area contributed by atoms with E-state index in [9.17, 15) is 9.59 Å². The topological polar surface area (TPSA) is 49.9 Å². The smallest absolute Gasteiger partial charge is 0.410 e. The molecule has 0 N–H and O–H groups in total. The molecule has 0 aromatic carbocycles. The Bertz CT molecular complexity index is 442. The molecule has 2 fully saturated rings. The van der Waals surface area contributed by atoms with Crippen LogP contribution in [0.5, 0.6) is 0 Å². The number of carbonyl (C=O) groups is 2. The van der Waals surface area contributed by atoms with Crippen LogP contribution in [0.15, 0.2) is 12.7 Å². The van der Waals surface area contributed by atoms with Gasteiger partial charge in [0.25, 0.3) is 0 Å². The van der Waals surface area contributed by atoms with Crippen molar-refractivity contribution in [2.45, 2.75) is 45.6 Å². The fourth-order valence-electron chi connectivity index (χ4n) is 3.16. The summed E-state index contributed by atoms with van der Waals surface area (Å²) in [6.07, 6.45) is 4.23. The van der Waals surface area contributed by atoms with Gasteiger partial charge in [-0.15, -0.1) is 6.58 Å². The van der Waals surface area contributed by atoms with Gasteiger partial charge >= 0.3 is 6.09 Å². The van der Waals surface area contributed by atoms with Crippen LogP contribution in [0, 0.1) is 11.8 Å². The summed E-state index contributed by atoms with van der Waals surface area (Å²) < 4.78 is 5.44. The van der Waals surface area contributed by atoms with Crippen LogP contribution in [0.2, 0.25) is 0 Å². The standard InChI is InChI=1S/C17H28N2O3/c1-5-13-9-15(20)19(10-13)12-14-7-6-8-18(11-14)16(21)22-17(2,3)4/h5,13-14H,1,6-12H2,2-4H3. The Morgan fingerprint density at radius 2 is 2.14 bits per heavy atom. The highest BCUT2D eigenvalue weighted by atomic mass is 16.6. The molecule has 2 aliphatic heterocycles. The molecular formula is C17H28N2O3. The van der Waals surface area contributed by atoms with Crippen LogP contribution in [0.1, 0.15) is 40.0 Å². The predicted octanol–water partition coefficient (Wildman–Crippen LogP) is 2.67. The largest absolute Gasteiger partial charge is 0.444 e. The molecule has 2 amide bonds. The molecule has 2 unspecified atom stereocenters. The minimum atomic E-state index is -0.466. The maximum Gasteiger partial charge on any atom is 0.410 e. The zero-order chi connectivity index (χ0) is 16.3. The lowest BCUT2D eigenvalue weighted by Crippen LogP contribution is -2.45. The van der Waals surface area contributed by atoms with Crippen LogP contribution < -0.4 is 0 Å². The monoisotopic (exact) mass is 308 g/mol. The summed E-state index contributed by atoms with van der Waals surface area (Å²) in [7, 11) is 0. The van der Waals surface area contributed by atoms with Crippen molar-refractivity contribution in [2.75, 3.05) is 26.2 Å². The molecule has 5 nitrogen and oxygen atoms in total. The van der Waals surface area contributed by atoms with Crippen molar-refractivity contribution in [3.05, 3.63) is 12.7 Å². The Balaban J connectivity index is 1.87. The number of carbonyl (C=O) groups excluding carboxylic acids is 2. The molecule has 2 saturated heterocycles. The van der Waals surface area contributed by atoms with Crippen LogP contribution in [0.4, 0.5) is 4.79 Å². The first-order chi connectivity index (χ1) is 10.3. The molecule has 0 aromatic rings. The van der Waals surface area contributed by atoms with Crippen molar-refractivity contribution >= 4 is 12.0 Å². The predicted molar refractivity (Wildman–Crippen MR) is 85.4 cm³/mol. The second-order valence-electron chi connectivity index (χ2n) is 7.43. The lowest BCUT2D eigenvalue weighted by molar-refractivity contribution is -0.128. The minimum absolute atomic E-state index is 0.208. The number of piperidine rings is 1. The Hall–Kier alpha value is -1.52. The molecule has 0 aliphatic carbocycles. The molecule has 2 heterocycles. The van der Waals surface area contributed by atoms with Crippen molar-refractivity contribution < 1.29 is 14.3 Å². The van der Waals surface area contributed by atoms with Gasteiger partial charge in [0, 0.05) is 38.5 Å². The first kappa shape index (κ1) is 16.8. The van der Waals surface area contributed by atoms with Crippen LogP contribution >= 0.6 is 0 Å². The zero-order valence-corrected chi connectivity index (χ0v) is 14.0. The third-order valence-electron chi connectivity index (χ3n) is 4.23. The SMILES string of the molecule is C=CC1CC(=O)N(CC2CCCN(C(=O)OC(C)(C)C)C2)C1. The van der Waals surface area contributed by atoms with Gasteiger partial charge in [0.15, 0.2) is 0 Å². The van der Waals surface area contributed by atoms with E-state index in [1.807, 2.05) is 31.7 Å². The van der Waals surface area contributed by atoms with Gasteiger partial charge in [-0.2, -0.15) is 0 Å². The molecule has 0 bridgehead atoms. The second-order valence-corrected chi connectivity index (χ2v) is 7.43. The summed E-state index contributed by atoms with van der Waals surface area (Å²) in [5, 5.41) is 0. The first-order valence-corrected chi connectivity index (χ1v) is 8.16. The maximum absolute atomic E-state index is 12.2. The summed E-state index contributed by atoms with van der Waals surface area (Å²) in [4.78, 5) is 27.9. The van der Waals surface area contributed by atoms with Gasteiger partial charge in [0.2, 0.25) is 5.91 Å². The third-order valence-corrected chi connectivity index (χ3v) is 4.23. The molecule has 0 aromatic heterocycles. The molecule has 22 heavy (non-hydrogen) atoms. The summed E-state index contributed by atoms with van der Waals surface area (Å²) in [5.41, 5.74) is -0.466. The summed E-state index contributed by atoms with van der Waals surface area (Å²) in [6.45, 7) is 12.3. The number of ether oxygens (including phenoxy) is 1. The highest BCUT2D eigenvalue weighted by molar-refractivity contribution is 5.79. The molecule has 124 valence electrons. The Kier molecular flexibility index (Phi) is 5.14. The van der Waals surface area contributed by atoms with Gasteiger partial charge < -0.3 is 14.5 Å². The fraction of sp³-hybridized carbons (Fsp3) is 0.765. The van der Waals surface area contributed by atoms with Gasteiger partial charge in [0.05, 0.1) is 0 Å². The van der Waals surface area contributed by atoms with E-state index in [0.717, 1.165) is 32.5 Å². The lowest BCUT2D eigenvalue weighted by Gasteiger charge is -2.35. The fourth-order valence-corrected chi connectivity index (χ4v) is 3.16. The Morgan fingerprint density at radius 1 is 1.41 bits per heavy atom. The Labute approximate surface area is 133 Å². The number of nitrogens with zero attached hydrogens (tertiary/aromatic N) is 2. The molecule has 2 atom stereocenters. The van der Waals surface area contributed by atoms with Crippen LogP contribution in [0.3, 0.4) is 0 Å². The molecule has 0 spiro atoms. The Morgan fingerprint density at radius 3 is 2.73 bits per heavy atom. The molecule has 2 aliphatic rings. The minimum Gasteiger partial charge on any atom is -0.444 e. The maximum atomic E-state index is 12.2. The number of amides is 2. The molecular weight excluding hydrogens is 280 g/mol. The van der Waals surface area contributed by atoms with Crippen LogP contribution in [-0.2, 0) is 9.53 Å². The second kappa shape index (κ2) is 6.71. The summed E-state index contributed by atoms with van der Waals surface area (Å²) >= 11 is 0. The van der Waals surface area contributed by atoms with Gasteiger partial charge in [0.1, 0.15) is 5.60 Å². The lowest BCUT2D eigenvalue weighted by atomic mass is 9.98. The van der Waals surface area contributed by atoms with E-state index in [-0.39, 0.29) is 17.9 Å². The third kappa shape index (κ3) is 4.49. The molecule has 0 saturated carbocycles. The van der Waals surface area contributed by atoms with E-state index in [2.05, 4.69) is 6.58 Å². The summed E-state index contributed by atoms with van der Waals surface area (Å²) in [5.74, 6) is 0.825. The van der Waals surface area contributed by atoms with Gasteiger partial charge in [-0.3, -0.25) is 4.79 Å². The van der Waals surface area contributed by atoms with E-state index in [1.165, 1.54) is 0 Å².